The number of pyridine rings is 1. The summed E-state index contributed by atoms with van der Waals surface area (Å²) in [6.07, 6.45) is 2.78. The minimum atomic E-state index is -0.614. The Bertz CT molecular complexity index is 572. The topological polar surface area (TPSA) is 77.2 Å². The van der Waals surface area contributed by atoms with Gasteiger partial charge in [0.05, 0.1) is 5.69 Å². The lowest BCUT2D eigenvalue weighted by Gasteiger charge is -2.15. The van der Waals surface area contributed by atoms with Gasteiger partial charge in [-0.2, -0.15) is 0 Å². The number of para-hydroxylation sites is 2. The number of hydrogen-bond donors (Lipinski definition) is 2. The Hall–Kier alpha value is -2.56. The standard InChI is InChI=1S/C15H17N3O2/c1-11(20-14-7-3-2-6-13(14)16)15(19)18-10-12-5-4-8-17-9-12/h2-9,11H,10,16H2,1H3,(H,18,19). The van der Waals surface area contributed by atoms with E-state index in [0.717, 1.165) is 5.56 Å². The minimum Gasteiger partial charge on any atom is -0.479 e. The first-order chi connectivity index (χ1) is 9.66. The Morgan fingerprint density at radius 2 is 2.15 bits per heavy atom. The van der Waals surface area contributed by atoms with E-state index in [1.165, 1.54) is 0 Å². The third-order valence-electron chi connectivity index (χ3n) is 2.78. The highest BCUT2D eigenvalue weighted by Crippen LogP contribution is 2.21. The summed E-state index contributed by atoms with van der Waals surface area (Å²) < 4.78 is 5.54. The number of hydrogen-bond acceptors (Lipinski definition) is 4. The largest absolute Gasteiger partial charge is 0.479 e. The number of nitrogens with zero attached hydrogens (tertiary/aromatic N) is 1. The van der Waals surface area contributed by atoms with Gasteiger partial charge in [-0.3, -0.25) is 9.78 Å². The van der Waals surface area contributed by atoms with Gasteiger partial charge in [0.1, 0.15) is 5.75 Å². The lowest BCUT2D eigenvalue weighted by atomic mass is 10.2. The zero-order valence-corrected chi connectivity index (χ0v) is 11.2. The molecule has 104 valence electrons. The Morgan fingerprint density at radius 3 is 2.85 bits per heavy atom. The highest BCUT2D eigenvalue weighted by atomic mass is 16.5. The van der Waals surface area contributed by atoms with Gasteiger partial charge in [0.15, 0.2) is 6.10 Å². The molecule has 3 N–H and O–H groups in total. The van der Waals surface area contributed by atoms with E-state index >= 15 is 0 Å². The van der Waals surface area contributed by atoms with E-state index in [0.29, 0.717) is 18.0 Å². The highest BCUT2D eigenvalue weighted by Gasteiger charge is 2.15. The molecular weight excluding hydrogens is 254 g/mol. The van der Waals surface area contributed by atoms with Crippen molar-refractivity contribution in [1.82, 2.24) is 10.3 Å². The van der Waals surface area contributed by atoms with Crippen molar-refractivity contribution in [3.63, 3.8) is 0 Å². The number of nitrogen functional groups attached to an aromatic ring is 1. The van der Waals surface area contributed by atoms with Gasteiger partial charge >= 0.3 is 0 Å². The summed E-state index contributed by atoms with van der Waals surface area (Å²) in [6, 6.07) is 10.8. The van der Waals surface area contributed by atoms with Crippen LogP contribution in [0.25, 0.3) is 0 Å². The molecule has 1 amide bonds. The van der Waals surface area contributed by atoms with Gasteiger partial charge in [-0.05, 0) is 30.7 Å². The second-order valence-corrected chi connectivity index (χ2v) is 4.38. The van der Waals surface area contributed by atoms with E-state index in [4.69, 9.17) is 10.5 Å². The molecule has 20 heavy (non-hydrogen) atoms. The Kier molecular flexibility index (Phi) is 4.55. The van der Waals surface area contributed by atoms with E-state index in [1.54, 1.807) is 31.5 Å². The maximum atomic E-state index is 11.9. The Labute approximate surface area is 117 Å². The van der Waals surface area contributed by atoms with Crippen molar-refractivity contribution >= 4 is 11.6 Å². The summed E-state index contributed by atoms with van der Waals surface area (Å²) in [5, 5.41) is 2.79. The van der Waals surface area contributed by atoms with E-state index < -0.39 is 6.10 Å². The van der Waals surface area contributed by atoms with Crippen molar-refractivity contribution in [2.45, 2.75) is 19.6 Å². The van der Waals surface area contributed by atoms with Crippen LogP contribution in [0.4, 0.5) is 5.69 Å². The monoisotopic (exact) mass is 271 g/mol. The summed E-state index contributed by atoms with van der Waals surface area (Å²) in [6.45, 7) is 2.11. The molecule has 1 heterocycles. The highest BCUT2D eigenvalue weighted by molar-refractivity contribution is 5.80. The normalized spacial score (nSPS) is 11.7. The maximum absolute atomic E-state index is 11.9. The summed E-state index contributed by atoms with van der Waals surface area (Å²) in [5.74, 6) is 0.314. The molecule has 0 aliphatic rings. The van der Waals surface area contributed by atoms with Crippen molar-refractivity contribution < 1.29 is 9.53 Å². The van der Waals surface area contributed by atoms with Gasteiger partial charge in [-0.25, -0.2) is 0 Å². The molecule has 0 fully saturated rings. The first kappa shape index (κ1) is 13.9. The molecule has 2 rings (SSSR count). The number of carbonyl (C=O) groups excluding carboxylic acids is 1. The van der Waals surface area contributed by atoms with Crippen LogP contribution in [0.2, 0.25) is 0 Å². The SMILES string of the molecule is CC(Oc1ccccc1N)C(=O)NCc1cccnc1. The minimum absolute atomic E-state index is 0.197. The summed E-state index contributed by atoms with van der Waals surface area (Å²) in [7, 11) is 0. The van der Waals surface area contributed by atoms with Crippen LogP contribution >= 0.6 is 0 Å². The van der Waals surface area contributed by atoms with Crippen LogP contribution < -0.4 is 15.8 Å². The third kappa shape index (κ3) is 3.71. The van der Waals surface area contributed by atoms with Crippen molar-refractivity contribution in [3.8, 4) is 5.75 Å². The molecule has 1 aromatic heterocycles. The van der Waals surface area contributed by atoms with Crippen LogP contribution in [0, 0.1) is 0 Å². The molecule has 0 radical (unpaired) electrons. The molecule has 5 heteroatoms. The third-order valence-corrected chi connectivity index (χ3v) is 2.78. The number of anilines is 1. The number of nitrogens with one attached hydrogen (secondary N) is 1. The lowest BCUT2D eigenvalue weighted by molar-refractivity contribution is -0.127. The average molecular weight is 271 g/mol. The Balaban J connectivity index is 1.88. The predicted molar refractivity (Wildman–Crippen MR) is 77.0 cm³/mol. The average Bonchev–Trinajstić information content (AvgIpc) is 2.48. The van der Waals surface area contributed by atoms with E-state index in [2.05, 4.69) is 10.3 Å². The summed E-state index contributed by atoms with van der Waals surface area (Å²) >= 11 is 0. The number of amides is 1. The van der Waals surface area contributed by atoms with Crippen LogP contribution in [-0.2, 0) is 11.3 Å². The van der Waals surface area contributed by atoms with Crippen LogP contribution in [0.3, 0.4) is 0 Å². The predicted octanol–water partition coefficient (Wildman–Crippen LogP) is 1.75. The quantitative estimate of drug-likeness (QED) is 0.812. The van der Waals surface area contributed by atoms with Crippen molar-refractivity contribution in [3.05, 3.63) is 54.4 Å². The van der Waals surface area contributed by atoms with Crippen LogP contribution in [-0.4, -0.2) is 17.0 Å². The van der Waals surface area contributed by atoms with Gasteiger partial charge in [-0.1, -0.05) is 18.2 Å². The molecule has 1 atom stereocenters. The van der Waals surface area contributed by atoms with Crippen LogP contribution in [0.15, 0.2) is 48.8 Å². The fourth-order valence-electron chi connectivity index (χ4n) is 1.67. The number of ether oxygens (including phenoxy) is 1. The molecule has 0 spiro atoms. The second kappa shape index (κ2) is 6.56. The number of rotatable bonds is 5. The van der Waals surface area contributed by atoms with Crippen molar-refractivity contribution in [2.24, 2.45) is 0 Å². The molecule has 0 saturated heterocycles. The molecule has 0 aliphatic carbocycles. The second-order valence-electron chi connectivity index (χ2n) is 4.38. The van der Waals surface area contributed by atoms with E-state index in [1.807, 2.05) is 24.3 Å². The zero-order valence-electron chi connectivity index (χ0n) is 11.2. The molecular formula is C15H17N3O2. The van der Waals surface area contributed by atoms with Crippen LogP contribution in [0.1, 0.15) is 12.5 Å². The van der Waals surface area contributed by atoms with Gasteiger partial charge in [0.2, 0.25) is 0 Å². The first-order valence-corrected chi connectivity index (χ1v) is 6.34. The van der Waals surface area contributed by atoms with Gasteiger partial charge in [0.25, 0.3) is 5.91 Å². The molecule has 0 bridgehead atoms. The first-order valence-electron chi connectivity index (χ1n) is 6.34. The molecule has 1 aromatic carbocycles. The van der Waals surface area contributed by atoms with Gasteiger partial charge in [0, 0.05) is 18.9 Å². The van der Waals surface area contributed by atoms with Crippen LogP contribution in [0.5, 0.6) is 5.75 Å². The van der Waals surface area contributed by atoms with Gasteiger partial charge < -0.3 is 15.8 Å². The van der Waals surface area contributed by atoms with Gasteiger partial charge in [-0.15, -0.1) is 0 Å². The molecule has 5 nitrogen and oxygen atoms in total. The maximum Gasteiger partial charge on any atom is 0.261 e. The molecule has 2 aromatic rings. The molecule has 1 unspecified atom stereocenters. The van der Waals surface area contributed by atoms with E-state index in [-0.39, 0.29) is 5.91 Å². The number of aromatic nitrogens is 1. The number of carbonyl (C=O) groups is 1. The van der Waals surface area contributed by atoms with Crippen molar-refractivity contribution in [2.75, 3.05) is 5.73 Å². The smallest absolute Gasteiger partial charge is 0.261 e. The molecule has 0 saturated carbocycles. The Morgan fingerprint density at radius 1 is 1.35 bits per heavy atom. The lowest BCUT2D eigenvalue weighted by Crippen LogP contribution is -2.36. The summed E-state index contributed by atoms with van der Waals surface area (Å²) in [4.78, 5) is 15.9. The molecule has 0 aliphatic heterocycles. The zero-order chi connectivity index (χ0) is 14.4. The van der Waals surface area contributed by atoms with Crippen molar-refractivity contribution in [1.29, 1.82) is 0 Å². The fourth-order valence-corrected chi connectivity index (χ4v) is 1.67. The fraction of sp³-hybridized carbons (Fsp3) is 0.200. The summed E-state index contributed by atoms with van der Waals surface area (Å²) in [5.41, 5.74) is 7.22. The number of nitrogens with two attached hydrogens (primary N) is 1. The number of benzene rings is 1. The van der Waals surface area contributed by atoms with E-state index in [9.17, 15) is 4.79 Å².